The standard InChI is InChI=1S/C12H24O4/c1-16-12(15)9-7-5-3-2-4-6-8-11(14)10-13/h11,13-14H,2-10H2,1H3/t11-/m0/s1. The zero-order valence-electron chi connectivity index (χ0n) is 10.2. The van der Waals surface area contributed by atoms with Crippen molar-refractivity contribution in [3.8, 4) is 0 Å². The van der Waals surface area contributed by atoms with E-state index in [1.54, 1.807) is 0 Å². The normalized spacial score (nSPS) is 12.4. The predicted octanol–water partition coefficient (Wildman–Crippen LogP) is 1.63. The third-order valence-electron chi connectivity index (χ3n) is 2.61. The highest BCUT2D eigenvalue weighted by molar-refractivity contribution is 5.68. The molecule has 2 N–H and O–H groups in total. The number of carbonyl (C=O) groups is 1. The number of hydrogen-bond acceptors (Lipinski definition) is 4. The zero-order chi connectivity index (χ0) is 12.2. The van der Waals surface area contributed by atoms with E-state index in [1.807, 2.05) is 0 Å². The Bertz CT molecular complexity index is 170. The first-order valence-corrected chi connectivity index (χ1v) is 6.06. The summed E-state index contributed by atoms with van der Waals surface area (Å²) in [5.74, 6) is -0.133. The molecule has 0 spiro atoms. The first kappa shape index (κ1) is 15.4. The minimum absolute atomic E-state index is 0.133. The number of methoxy groups -OCH3 is 1. The molecule has 4 nitrogen and oxygen atoms in total. The summed E-state index contributed by atoms with van der Waals surface area (Å²) in [7, 11) is 1.41. The molecular weight excluding hydrogens is 208 g/mol. The number of rotatable bonds is 10. The van der Waals surface area contributed by atoms with Crippen molar-refractivity contribution in [2.45, 2.75) is 57.5 Å². The van der Waals surface area contributed by atoms with Crippen molar-refractivity contribution in [3.63, 3.8) is 0 Å². The van der Waals surface area contributed by atoms with E-state index in [9.17, 15) is 4.79 Å². The van der Waals surface area contributed by atoms with Crippen LogP contribution in [0.4, 0.5) is 0 Å². The van der Waals surface area contributed by atoms with Crippen molar-refractivity contribution in [3.05, 3.63) is 0 Å². The van der Waals surface area contributed by atoms with Crippen LogP contribution < -0.4 is 0 Å². The third-order valence-corrected chi connectivity index (χ3v) is 2.61. The van der Waals surface area contributed by atoms with Crippen LogP contribution in [0, 0.1) is 0 Å². The second-order valence-corrected chi connectivity index (χ2v) is 4.07. The number of unbranched alkanes of at least 4 members (excludes halogenated alkanes) is 5. The third kappa shape index (κ3) is 9.93. The van der Waals surface area contributed by atoms with Gasteiger partial charge in [0.1, 0.15) is 0 Å². The van der Waals surface area contributed by atoms with Gasteiger partial charge in [0.15, 0.2) is 0 Å². The molecule has 0 bridgehead atoms. The van der Waals surface area contributed by atoms with Gasteiger partial charge in [-0.3, -0.25) is 4.79 Å². The highest BCUT2D eigenvalue weighted by Gasteiger charge is 2.01. The van der Waals surface area contributed by atoms with Crippen LogP contribution >= 0.6 is 0 Å². The summed E-state index contributed by atoms with van der Waals surface area (Å²) in [6, 6.07) is 0. The first-order valence-electron chi connectivity index (χ1n) is 6.06. The van der Waals surface area contributed by atoms with Crippen LogP contribution in [0.5, 0.6) is 0 Å². The van der Waals surface area contributed by atoms with Gasteiger partial charge in [0, 0.05) is 6.42 Å². The molecule has 0 amide bonds. The lowest BCUT2D eigenvalue weighted by Crippen LogP contribution is -2.10. The number of aliphatic hydroxyl groups excluding tert-OH is 2. The van der Waals surface area contributed by atoms with Crippen LogP contribution in [-0.4, -0.2) is 36.0 Å². The molecule has 4 heteroatoms. The molecule has 0 unspecified atom stereocenters. The van der Waals surface area contributed by atoms with E-state index in [4.69, 9.17) is 10.2 Å². The van der Waals surface area contributed by atoms with Gasteiger partial charge in [-0.25, -0.2) is 0 Å². The molecule has 0 aromatic heterocycles. The topological polar surface area (TPSA) is 66.8 Å². The Morgan fingerprint density at radius 2 is 1.69 bits per heavy atom. The summed E-state index contributed by atoms with van der Waals surface area (Å²) in [4.78, 5) is 10.8. The summed E-state index contributed by atoms with van der Waals surface area (Å²) >= 11 is 0. The quantitative estimate of drug-likeness (QED) is 0.444. The molecular formula is C12H24O4. The monoisotopic (exact) mass is 232 g/mol. The highest BCUT2D eigenvalue weighted by Crippen LogP contribution is 2.09. The number of carbonyl (C=O) groups excluding carboxylic acids is 1. The van der Waals surface area contributed by atoms with Crippen molar-refractivity contribution in [2.75, 3.05) is 13.7 Å². The van der Waals surface area contributed by atoms with Crippen molar-refractivity contribution in [2.24, 2.45) is 0 Å². The van der Waals surface area contributed by atoms with E-state index in [2.05, 4.69) is 4.74 Å². The highest BCUT2D eigenvalue weighted by atomic mass is 16.5. The average Bonchev–Trinajstić information content (AvgIpc) is 2.31. The van der Waals surface area contributed by atoms with Crippen molar-refractivity contribution in [1.82, 2.24) is 0 Å². The van der Waals surface area contributed by atoms with Gasteiger partial charge >= 0.3 is 5.97 Å². The lowest BCUT2D eigenvalue weighted by molar-refractivity contribution is -0.140. The van der Waals surface area contributed by atoms with E-state index in [0.29, 0.717) is 12.8 Å². The van der Waals surface area contributed by atoms with Gasteiger partial charge in [-0.15, -0.1) is 0 Å². The number of ether oxygens (including phenoxy) is 1. The molecule has 0 aliphatic carbocycles. The lowest BCUT2D eigenvalue weighted by Gasteiger charge is -2.06. The molecule has 16 heavy (non-hydrogen) atoms. The van der Waals surface area contributed by atoms with Gasteiger partial charge < -0.3 is 14.9 Å². The van der Waals surface area contributed by atoms with Crippen molar-refractivity contribution < 1.29 is 19.7 Å². The molecule has 0 aromatic rings. The van der Waals surface area contributed by atoms with Crippen LogP contribution in [0.15, 0.2) is 0 Å². The van der Waals surface area contributed by atoms with Crippen LogP contribution in [0.3, 0.4) is 0 Å². The van der Waals surface area contributed by atoms with E-state index in [0.717, 1.165) is 38.5 Å². The van der Waals surface area contributed by atoms with Gasteiger partial charge in [0.25, 0.3) is 0 Å². The summed E-state index contributed by atoms with van der Waals surface area (Å²) in [6.07, 6.45) is 6.86. The predicted molar refractivity (Wildman–Crippen MR) is 62.0 cm³/mol. The van der Waals surface area contributed by atoms with Crippen LogP contribution in [0.1, 0.15) is 51.4 Å². The van der Waals surface area contributed by atoms with E-state index in [1.165, 1.54) is 7.11 Å². The minimum atomic E-state index is -0.556. The Morgan fingerprint density at radius 3 is 2.25 bits per heavy atom. The molecule has 0 saturated carbocycles. The molecule has 0 heterocycles. The Labute approximate surface area is 97.6 Å². The first-order chi connectivity index (χ1) is 7.70. The van der Waals surface area contributed by atoms with Gasteiger partial charge in [-0.1, -0.05) is 32.1 Å². The Balaban J connectivity index is 3.07. The Morgan fingerprint density at radius 1 is 1.12 bits per heavy atom. The van der Waals surface area contributed by atoms with E-state index < -0.39 is 6.10 Å². The average molecular weight is 232 g/mol. The molecule has 0 aliphatic rings. The maximum absolute atomic E-state index is 10.8. The minimum Gasteiger partial charge on any atom is -0.469 e. The van der Waals surface area contributed by atoms with Crippen molar-refractivity contribution in [1.29, 1.82) is 0 Å². The smallest absolute Gasteiger partial charge is 0.305 e. The molecule has 0 saturated heterocycles. The van der Waals surface area contributed by atoms with Crippen molar-refractivity contribution >= 4 is 5.97 Å². The number of hydrogen-bond donors (Lipinski definition) is 2. The Kier molecular flexibility index (Phi) is 10.5. The largest absolute Gasteiger partial charge is 0.469 e. The van der Waals surface area contributed by atoms with Crippen LogP contribution in [0.2, 0.25) is 0 Å². The van der Waals surface area contributed by atoms with E-state index in [-0.39, 0.29) is 12.6 Å². The van der Waals surface area contributed by atoms with Crippen LogP contribution in [-0.2, 0) is 9.53 Å². The SMILES string of the molecule is COC(=O)CCCCCCCC[C@H](O)CO. The summed E-state index contributed by atoms with van der Waals surface area (Å²) in [6.45, 7) is -0.140. The fourth-order valence-corrected chi connectivity index (χ4v) is 1.55. The molecule has 0 aromatic carbocycles. The summed E-state index contributed by atoms with van der Waals surface area (Å²) in [5, 5.41) is 17.7. The van der Waals surface area contributed by atoms with Gasteiger partial charge in [0.05, 0.1) is 19.8 Å². The molecule has 1 atom stereocenters. The second-order valence-electron chi connectivity index (χ2n) is 4.07. The molecule has 96 valence electrons. The maximum Gasteiger partial charge on any atom is 0.305 e. The number of esters is 1. The van der Waals surface area contributed by atoms with Gasteiger partial charge in [0.2, 0.25) is 0 Å². The fourth-order valence-electron chi connectivity index (χ4n) is 1.55. The fraction of sp³-hybridized carbons (Fsp3) is 0.917. The number of aliphatic hydroxyl groups is 2. The molecule has 0 rings (SSSR count). The molecule has 0 aliphatic heterocycles. The van der Waals surface area contributed by atoms with E-state index >= 15 is 0 Å². The van der Waals surface area contributed by atoms with Crippen LogP contribution in [0.25, 0.3) is 0 Å². The summed E-state index contributed by atoms with van der Waals surface area (Å²) in [5.41, 5.74) is 0. The molecule has 0 radical (unpaired) electrons. The zero-order valence-corrected chi connectivity index (χ0v) is 10.2. The maximum atomic E-state index is 10.8. The second kappa shape index (κ2) is 10.9. The van der Waals surface area contributed by atoms with Gasteiger partial charge in [-0.05, 0) is 12.8 Å². The molecule has 0 fully saturated rings. The van der Waals surface area contributed by atoms with Gasteiger partial charge in [-0.2, -0.15) is 0 Å². The Hall–Kier alpha value is -0.610. The summed E-state index contributed by atoms with van der Waals surface area (Å²) < 4.78 is 4.54. The lowest BCUT2D eigenvalue weighted by atomic mass is 10.1.